The predicted octanol–water partition coefficient (Wildman–Crippen LogP) is 4.61. The highest BCUT2D eigenvalue weighted by Crippen LogP contribution is 2.31. The number of hydrogen-bond acceptors (Lipinski definition) is 3. The maximum atomic E-state index is 14.4. The van der Waals surface area contributed by atoms with Gasteiger partial charge in [-0.2, -0.15) is 0 Å². The number of aromatic nitrogens is 1. The van der Waals surface area contributed by atoms with Gasteiger partial charge in [0.25, 0.3) is 0 Å². The van der Waals surface area contributed by atoms with E-state index in [0.717, 1.165) is 22.2 Å². The van der Waals surface area contributed by atoms with Crippen molar-refractivity contribution in [1.82, 2.24) is 15.6 Å². The molecule has 0 saturated carbocycles. The maximum Gasteiger partial charge on any atom is 0.220 e. The van der Waals surface area contributed by atoms with Crippen molar-refractivity contribution in [3.8, 4) is 5.75 Å². The van der Waals surface area contributed by atoms with Gasteiger partial charge in [-0.15, -0.1) is 0 Å². The molecule has 4 rings (SSSR count). The van der Waals surface area contributed by atoms with Gasteiger partial charge in [-0.1, -0.05) is 11.6 Å². The molecule has 0 radical (unpaired) electrons. The van der Waals surface area contributed by atoms with Crippen LogP contribution in [0, 0.1) is 12.7 Å². The lowest BCUT2D eigenvalue weighted by atomic mass is 9.84. The fraction of sp³-hybridized carbons (Fsp3) is 0.385. The Morgan fingerprint density at radius 2 is 2.09 bits per heavy atom. The first-order valence-electron chi connectivity index (χ1n) is 11.5. The summed E-state index contributed by atoms with van der Waals surface area (Å²) in [5.41, 5.74) is 3.03. The van der Waals surface area contributed by atoms with E-state index in [-0.39, 0.29) is 24.1 Å². The number of carbonyl (C=O) groups is 2. The molecule has 3 N–H and O–H groups in total. The Kier molecular flexibility index (Phi) is 7.12. The number of aryl methyl sites for hydroxylation is 1. The summed E-state index contributed by atoms with van der Waals surface area (Å²) < 4.78 is 19.7. The van der Waals surface area contributed by atoms with Crippen LogP contribution in [0.2, 0.25) is 5.02 Å². The van der Waals surface area contributed by atoms with Gasteiger partial charge in [0.15, 0.2) is 0 Å². The molecular formula is C26H29ClFN3O3. The van der Waals surface area contributed by atoms with Crippen LogP contribution in [-0.4, -0.2) is 36.0 Å². The molecule has 0 spiro atoms. The third-order valence-electron chi connectivity index (χ3n) is 6.63. The fourth-order valence-electron chi connectivity index (χ4n) is 4.81. The zero-order valence-electron chi connectivity index (χ0n) is 19.4. The number of amides is 2. The van der Waals surface area contributed by atoms with Crippen molar-refractivity contribution in [3.63, 3.8) is 0 Å². The zero-order valence-corrected chi connectivity index (χ0v) is 20.2. The van der Waals surface area contributed by atoms with E-state index in [4.69, 9.17) is 16.3 Å². The largest absolute Gasteiger partial charge is 0.497 e. The molecule has 0 bridgehead atoms. The van der Waals surface area contributed by atoms with Gasteiger partial charge in [-0.25, -0.2) is 4.39 Å². The third-order valence-corrected chi connectivity index (χ3v) is 6.86. The van der Waals surface area contributed by atoms with Crippen molar-refractivity contribution in [2.45, 2.75) is 51.0 Å². The van der Waals surface area contributed by atoms with Gasteiger partial charge in [-0.3, -0.25) is 9.59 Å². The molecule has 1 saturated heterocycles. The van der Waals surface area contributed by atoms with Crippen LogP contribution in [0.1, 0.15) is 42.5 Å². The van der Waals surface area contributed by atoms with Gasteiger partial charge < -0.3 is 20.4 Å². The normalized spacial score (nSPS) is 17.7. The standard InChI is InChI=1S/C26H29ClFN3O3/c1-16-20(21-14-18(27)3-6-23(21)30-16)9-12-29-24(32)7-10-26(11-8-25(33)31-26)15-17-13-19(34-2)4-5-22(17)28/h3-6,13-14,30H,7-12,15H2,1-2H3,(H,29,32)(H,31,33)/t26-/m1/s1. The minimum Gasteiger partial charge on any atom is -0.497 e. The van der Waals surface area contributed by atoms with Crippen LogP contribution in [0.15, 0.2) is 36.4 Å². The van der Waals surface area contributed by atoms with Crippen LogP contribution in [0.5, 0.6) is 5.75 Å². The number of fused-ring (bicyclic) bond motifs is 1. The summed E-state index contributed by atoms with van der Waals surface area (Å²) in [4.78, 5) is 28.0. The van der Waals surface area contributed by atoms with Crippen molar-refractivity contribution >= 4 is 34.3 Å². The number of H-pyrrole nitrogens is 1. The average molecular weight is 486 g/mol. The molecular weight excluding hydrogens is 457 g/mol. The third kappa shape index (κ3) is 5.36. The molecule has 2 aromatic carbocycles. The van der Waals surface area contributed by atoms with Gasteiger partial charge in [0, 0.05) is 46.5 Å². The molecule has 1 aliphatic heterocycles. The van der Waals surface area contributed by atoms with E-state index >= 15 is 0 Å². The first kappa shape index (κ1) is 24.1. The summed E-state index contributed by atoms with van der Waals surface area (Å²) in [7, 11) is 1.53. The summed E-state index contributed by atoms with van der Waals surface area (Å²) >= 11 is 6.15. The molecule has 6 nitrogen and oxygen atoms in total. The summed E-state index contributed by atoms with van der Waals surface area (Å²) in [6, 6.07) is 10.3. The van der Waals surface area contributed by atoms with Crippen molar-refractivity contribution in [2.75, 3.05) is 13.7 Å². The quantitative estimate of drug-likeness (QED) is 0.414. The van der Waals surface area contributed by atoms with Crippen LogP contribution >= 0.6 is 11.6 Å². The van der Waals surface area contributed by atoms with Crippen LogP contribution in [0.4, 0.5) is 4.39 Å². The van der Waals surface area contributed by atoms with Crippen LogP contribution < -0.4 is 15.4 Å². The van der Waals surface area contributed by atoms with E-state index in [1.54, 1.807) is 12.1 Å². The number of hydrogen-bond donors (Lipinski definition) is 3. The highest BCUT2D eigenvalue weighted by Gasteiger charge is 2.38. The Morgan fingerprint density at radius 1 is 1.26 bits per heavy atom. The molecule has 34 heavy (non-hydrogen) atoms. The molecule has 1 atom stereocenters. The second-order valence-electron chi connectivity index (χ2n) is 8.98. The SMILES string of the molecule is COc1ccc(F)c(C[C@@]2(CCC(=O)NCCc3c(C)[nH]c4ccc(Cl)cc34)CCC(=O)N2)c1. The topological polar surface area (TPSA) is 83.2 Å². The number of ether oxygens (including phenoxy) is 1. The number of aromatic amines is 1. The molecule has 3 aromatic rings. The summed E-state index contributed by atoms with van der Waals surface area (Å²) in [6.45, 7) is 2.50. The van der Waals surface area contributed by atoms with Gasteiger partial charge in [0.2, 0.25) is 11.8 Å². The van der Waals surface area contributed by atoms with E-state index in [1.165, 1.54) is 13.2 Å². The minimum atomic E-state index is -0.647. The maximum absolute atomic E-state index is 14.4. The van der Waals surface area contributed by atoms with E-state index in [9.17, 15) is 14.0 Å². The van der Waals surface area contributed by atoms with Crippen molar-refractivity contribution in [2.24, 2.45) is 0 Å². The first-order valence-corrected chi connectivity index (χ1v) is 11.8. The molecule has 180 valence electrons. The minimum absolute atomic E-state index is 0.0721. The second kappa shape index (κ2) is 10.1. The Balaban J connectivity index is 1.36. The number of benzene rings is 2. The number of halogens is 2. The van der Waals surface area contributed by atoms with Crippen molar-refractivity contribution in [3.05, 3.63) is 64.1 Å². The number of methoxy groups -OCH3 is 1. The molecule has 2 amide bonds. The molecule has 8 heteroatoms. The van der Waals surface area contributed by atoms with Gasteiger partial charge >= 0.3 is 0 Å². The summed E-state index contributed by atoms with van der Waals surface area (Å²) in [6.07, 6.45) is 2.59. The van der Waals surface area contributed by atoms with E-state index < -0.39 is 5.54 Å². The molecule has 0 unspecified atom stereocenters. The van der Waals surface area contributed by atoms with Gasteiger partial charge in [0.05, 0.1) is 7.11 Å². The lowest BCUT2D eigenvalue weighted by molar-refractivity contribution is -0.122. The molecule has 0 aliphatic carbocycles. The molecule has 2 heterocycles. The number of nitrogens with one attached hydrogen (secondary N) is 3. The Hall–Kier alpha value is -3.06. The number of rotatable bonds is 9. The van der Waals surface area contributed by atoms with Crippen LogP contribution in [-0.2, 0) is 22.4 Å². The average Bonchev–Trinajstić information content (AvgIpc) is 3.33. The summed E-state index contributed by atoms with van der Waals surface area (Å²) in [5.74, 6) is 0.0433. The van der Waals surface area contributed by atoms with Crippen molar-refractivity contribution < 1.29 is 18.7 Å². The predicted molar refractivity (Wildman–Crippen MR) is 131 cm³/mol. The molecule has 1 fully saturated rings. The summed E-state index contributed by atoms with van der Waals surface area (Å²) in [5, 5.41) is 7.72. The Bertz CT molecular complexity index is 1230. The highest BCUT2D eigenvalue weighted by molar-refractivity contribution is 6.31. The zero-order chi connectivity index (χ0) is 24.3. The Morgan fingerprint density at radius 3 is 2.82 bits per heavy atom. The number of carbonyl (C=O) groups excluding carboxylic acids is 2. The highest BCUT2D eigenvalue weighted by atomic mass is 35.5. The second-order valence-corrected chi connectivity index (χ2v) is 9.42. The monoisotopic (exact) mass is 485 g/mol. The molecule has 1 aliphatic rings. The molecule has 1 aromatic heterocycles. The van der Waals surface area contributed by atoms with Crippen LogP contribution in [0.25, 0.3) is 10.9 Å². The van der Waals surface area contributed by atoms with E-state index in [0.29, 0.717) is 55.0 Å². The van der Waals surface area contributed by atoms with Crippen molar-refractivity contribution in [1.29, 1.82) is 0 Å². The smallest absolute Gasteiger partial charge is 0.220 e. The lowest BCUT2D eigenvalue weighted by Crippen LogP contribution is -2.44. The fourth-order valence-corrected chi connectivity index (χ4v) is 4.98. The van der Waals surface area contributed by atoms with Gasteiger partial charge in [-0.05, 0) is 80.1 Å². The lowest BCUT2D eigenvalue weighted by Gasteiger charge is -2.29. The van der Waals surface area contributed by atoms with E-state index in [2.05, 4.69) is 15.6 Å². The van der Waals surface area contributed by atoms with Gasteiger partial charge in [0.1, 0.15) is 11.6 Å². The van der Waals surface area contributed by atoms with Crippen LogP contribution in [0.3, 0.4) is 0 Å². The first-order chi connectivity index (χ1) is 16.3. The van der Waals surface area contributed by atoms with E-state index in [1.807, 2.05) is 25.1 Å². The Labute approximate surface area is 203 Å².